The Kier molecular flexibility index (Phi) is 1.90. The first kappa shape index (κ1) is 8.12. The molecule has 11 heavy (non-hydrogen) atoms. The van der Waals surface area contributed by atoms with E-state index in [1.807, 2.05) is 0 Å². The summed E-state index contributed by atoms with van der Waals surface area (Å²) in [6, 6.07) is 1.57. The van der Waals surface area contributed by atoms with Crippen LogP contribution >= 0.6 is 0 Å². The molecule has 60 valence electrons. The van der Waals surface area contributed by atoms with Crippen molar-refractivity contribution in [1.82, 2.24) is 0 Å². The van der Waals surface area contributed by atoms with Gasteiger partial charge in [-0.1, -0.05) is 0 Å². The van der Waals surface area contributed by atoms with Crippen LogP contribution in [0.15, 0.2) is 0 Å². The number of hydrogen-bond acceptors (Lipinski definition) is 2. The van der Waals surface area contributed by atoms with E-state index in [1.165, 1.54) is 0 Å². The van der Waals surface area contributed by atoms with Gasteiger partial charge in [0.15, 0.2) is 5.78 Å². The largest absolute Gasteiger partial charge is 0.298 e. The maximum Gasteiger partial charge on any atom is 0.257 e. The molecular weight excluding hydrogens is 152 g/mol. The summed E-state index contributed by atoms with van der Waals surface area (Å²) in [4.78, 5) is 10.7. The molecule has 2 nitrogen and oxygen atoms in total. The van der Waals surface area contributed by atoms with Crippen LogP contribution < -0.4 is 0 Å². The molecule has 1 aliphatic rings. The SMILES string of the molecule is N#CCC(=O)C1CCC1(F)F. The summed E-state index contributed by atoms with van der Waals surface area (Å²) in [5, 5.41) is 8.06. The number of Topliss-reactive ketones (excluding diaryl/α,β-unsaturated/α-hetero) is 1. The molecule has 0 radical (unpaired) electrons. The zero-order chi connectivity index (χ0) is 8.48. The van der Waals surface area contributed by atoms with Crippen LogP contribution in [-0.2, 0) is 4.79 Å². The monoisotopic (exact) mass is 159 g/mol. The fourth-order valence-electron chi connectivity index (χ4n) is 1.10. The molecule has 1 atom stereocenters. The molecule has 0 heterocycles. The van der Waals surface area contributed by atoms with Crippen molar-refractivity contribution in [3.8, 4) is 6.07 Å². The molecule has 1 saturated carbocycles. The number of hydrogen-bond donors (Lipinski definition) is 0. The second-order valence-electron chi connectivity index (χ2n) is 2.65. The minimum atomic E-state index is -2.84. The zero-order valence-corrected chi connectivity index (χ0v) is 5.81. The van der Waals surface area contributed by atoms with Crippen molar-refractivity contribution >= 4 is 5.78 Å². The van der Waals surface area contributed by atoms with Crippen LogP contribution in [0.1, 0.15) is 19.3 Å². The van der Waals surface area contributed by atoms with Gasteiger partial charge in [-0.25, -0.2) is 8.78 Å². The average Bonchev–Trinajstić information content (AvgIpc) is 1.86. The summed E-state index contributed by atoms with van der Waals surface area (Å²) >= 11 is 0. The van der Waals surface area contributed by atoms with Crippen LogP contribution in [0.25, 0.3) is 0 Å². The number of alkyl halides is 2. The Balaban J connectivity index is 2.51. The van der Waals surface area contributed by atoms with Crippen molar-refractivity contribution in [1.29, 1.82) is 5.26 Å². The fourth-order valence-corrected chi connectivity index (χ4v) is 1.10. The van der Waals surface area contributed by atoms with E-state index in [-0.39, 0.29) is 19.3 Å². The highest BCUT2D eigenvalue weighted by Gasteiger charge is 2.51. The second kappa shape index (κ2) is 2.57. The maximum atomic E-state index is 12.4. The molecule has 0 amide bonds. The number of carbonyl (C=O) groups is 1. The van der Waals surface area contributed by atoms with Crippen molar-refractivity contribution < 1.29 is 13.6 Å². The van der Waals surface area contributed by atoms with Gasteiger partial charge >= 0.3 is 0 Å². The van der Waals surface area contributed by atoms with Crippen LogP contribution in [-0.4, -0.2) is 11.7 Å². The van der Waals surface area contributed by atoms with Gasteiger partial charge in [0, 0.05) is 6.42 Å². The smallest absolute Gasteiger partial charge is 0.257 e. The van der Waals surface area contributed by atoms with Gasteiger partial charge in [0.05, 0.1) is 18.4 Å². The number of carbonyl (C=O) groups excluding carboxylic acids is 1. The first-order valence-corrected chi connectivity index (χ1v) is 3.35. The summed E-state index contributed by atoms with van der Waals surface area (Å²) in [5.41, 5.74) is 0. The molecule has 0 bridgehead atoms. The minimum Gasteiger partial charge on any atom is -0.298 e. The van der Waals surface area contributed by atoms with Crippen LogP contribution in [0.2, 0.25) is 0 Å². The van der Waals surface area contributed by atoms with Gasteiger partial charge in [-0.2, -0.15) is 5.26 Å². The molecule has 0 aromatic rings. The van der Waals surface area contributed by atoms with E-state index in [2.05, 4.69) is 0 Å². The van der Waals surface area contributed by atoms with Gasteiger partial charge in [-0.3, -0.25) is 4.79 Å². The second-order valence-corrected chi connectivity index (χ2v) is 2.65. The van der Waals surface area contributed by atoms with Gasteiger partial charge in [-0.05, 0) is 6.42 Å². The Morgan fingerprint density at radius 2 is 2.36 bits per heavy atom. The highest BCUT2D eigenvalue weighted by molar-refractivity contribution is 5.84. The number of halogens is 2. The summed E-state index contributed by atoms with van der Waals surface area (Å²) in [5.74, 6) is -4.64. The highest BCUT2D eigenvalue weighted by atomic mass is 19.3. The lowest BCUT2D eigenvalue weighted by Crippen LogP contribution is -2.43. The first-order valence-electron chi connectivity index (χ1n) is 3.35. The van der Waals surface area contributed by atoms with Crippen molar-refractivity contribution in [2.75, 3.05) is 0 Å². The third kappa shape index (κ3) is 1.37. The summed E-state index contributed by atoms with van der Waals surface area (Å²) in [6.45, 7) is 0. The molecule has 0 spiro atoms. The van der Waals surface area contributed by atoms with Gasteiger partial charge in [0.25, 0.3) is 5.92 Å². The quantitative estimate of drug-likeness (QED) is 0.612. The van der Waals surface area contributed by atoms with Crippen molar-refractivity contribution in [2.24, 2.45) is 5.92 Å². The highest BCUT2D eigenvalue weighted by Crippen LogP contribution is 2.44. The van der Waals surface area contributed by atoms with E-state index in [0.717, 1.165) is 0 Å². The molecular formula is C7H7F2NO. The third-order valence-corrected chi connectivity index (χ3v) is 1.92. The van der Waals surface area contributed by atoms with Crippen LogP contribution in [0.5, 0.6) is 0 Å². The van der Waals surface area contributed by atoms with Gasteiger partial charge in [0.1, 0.15) is 0 Å². The lowest BCUT2D eigenvalue weighted by molar-refractivity contribution is -0.159. The fraction of sp³-hybridized carbons (Fsp3) is 0.714. The normalized spacial score (nSPS) is 26.8. The van der Waals surface area contributed by atoms with E-state index in [0.29, 0.717) is 0 Å². The minimum absolute atomic E-state index is 0.213. The molecule has 0 aromatic carbocycles. The van der Waals surface area contributed by atoms with Gasteiger partial charge < -0.3 is 0 Å². The standard InChI is InChI=1S/C7H7F2NO/c8-7(9)3-1-5(7)6(11)2-4-10/h5H,1-3H2. The molecule has 1 rings (SSSR count). The van der Waals surface area contributed by atoms with Crippen LogP contribution in [0.4, 0.5) is 8.78 Å². The number of nitriles is 1. The molecule has 1 unspecified atom stereocenters. The van der Waals surface area contributed by atoms with Gasteiger partial charge in [0.2, 0.25) is 0 Å². The van der Waals surface area contributed by atoms with E-state index >= 15 is 0 Å². The molecule has 0 saturated heterocycles. The maximum absolute atomic E-state index is 12.4. The van der Waals surface area contributed by atoms with Crippen LogP contribution in [0, 0.1) is 17.2 Å². The molecule has 0 N–H and O–H groups in total. The molecule has 1 aliphatic carbocycles. The topological polar surface area (TPSA) is 40.9 Å². The Labute approximate surface area is 62.8 Å². The Bertz CT molecular complexity index is 219. The Morgan fingerprint density at radius 3 is 2.64 bits per heavy atom. The number of rotatable bonds is 2. The van der Waals surface area contributed by atoms with Crippen molar-refractivity contribution in [3.05, 3.63) is 0 Å². The number of ketones is 1. The average molecular weight is 159 g/mol. The predicted molar refractivity (Wildman–Crippen MR) is 32.9 cm³/mol. The lowest BCUT2D eigenvalue weighted by atomic mass is 9.77. The van der Waals surface area contributed by atoms with E-state index in [1.54, 1.807) is 6.07 Å². The summed E-state index contributed by atoms with van der Waals surface area (Å²) in [6.07, 6.45) is -0.372. The Hall–Kier alpha value is -0.980. The van der Waals surface area contributed by atoms with Crippen LogP contribution in [0.3, 0.4) is 0 Å². The molecule has 1 fully saturated rings. The van der Waals surface area contributed by atoms with Gasteiger partial charge in [-0.15, -0.1) is 0 Å². The first-order chi connectivity index (χ1) is 5.08. The zero-order valence-electron chi connectivity index (χ0n) is 5.81. The lowest BCUT2D eigenvalue weighted by Gasteiger charge is -2.34. The molecule has 4 heteroatoms. The number of nitrogens with zero attached hydrogens (tertiary/aromatic N) is 1. The molecule has 0 aromatic heterocycles. The third-order valence-electron chi connectivity index (χ3n) is 1.92. The van der Waals surface area contributed by atoms with E-state index in [4.69, 9.17) is 5.26 Å². The van der Waals surface area contributed by atoms with E-state index in [9.17, 15) is 13.6 Å². The molecule has 0 aliphatic heterocycles. The summed E-state index contributed by atoms with van der Waals surface area (Å²) in [7, 11) is 0. The summed E-state index contributed by atoms with van der Waals surface area (Å²) < 4.78 is 24.9. The van der Waals surface area contributed by atoms with E-state index < -0.39 is 17.6 Å². The predicted octanol–water partition coefficient (Wildman–Crippen LogP) is 1.51. The van der Waals surface area contributed by atoms with Crippen molar-refractivity contribution in [2.45, 2.75) is 25.2 Å². The Morgan fingerprint density at radius 1 is 1.73 bits per heavy atom. The van der Waals surface area contributed by atoms with Crippen molar-refractivity contribution in [3.63, 3.8) is 0 Å².